The van der Waals surface area contributed by atoms with Crippen LogP contribution in [0.15, 0.2) is 24.4 Å². The molecule has 0 radical (unpaired) electrons. The minimum atomic E-state index is 0.682. The average Bonchev–Trinajstić information content (AvgIpc) is 2.87. The normalized spacial score (nSPS) is 15.2. The summed E-state index contributed by atoms with van der Waals surface area (Å²) in [6, 6.07) is 6.20. The summed E-state index contributed by atoms with van der Waals surface area (Å²) in [5.74, 6) is 1.52. The summed E-state index contributed by atoms with van der Waals surface area (Å²) in [6.07, 6.45) is 5.64. The lowest BCUT2D eigenvalue weighted by molar-refractivity contribution is 0.415. The fourth-order valence-electron chi connectivity index (χ4n) is 2.92. The van der Waals surface area contributed by atoms with Gasteiger partial charge in [0.1, 0.15) is 11.6 Å². The first-order chi connectivity index (χ1) is 10.2. The van der Waals surface area contributed by atoms with Gasteiger partial charge in [0, 0.05) is 37.0 Å². The molecule has 5 nitrogen and oxygen atoms in total. The van der Waals surface area contributed by atoms with Crippen LogP contribution in [0.5, 0.6) is 5.75 Å². The Kier molecular flexibility index (Phi) is 3.73. The van der Waals surface area contributed by atoms with E-state index in [0.29, 0.717) is 5.82 Å². The maximum atomic E-state index is 6.17. The van der Waals surface area contributed by atoms with E-state index in [4.69, 9.17) is 10.5 Å². The molecule has 1 aromatic carbocycles. The van der Waals surface area contributed by atoms with Gasteiger partial charge in [0.15, 0.2) is 0 Å². The molecule has 0 unspecified atom stereocenters. The second-order valence-corrected chi connectivity index (χ2v) is 5.50. The number of aromatic nitrogens is 2. The minimum Gasteiger partial charge on any atom is -0.497 e. The van der Waals surface area contributed by atoms with Crippen LogP contribution in [0.2, 0.25) is 0 Å². The fourth-order valence-corrected chi connectivity index (χ4v) is 2.92. The van der Waals surface area contributed by atoms with Gasteiger partial charge in [0.05, 0.1) is 13.3 Å². The monoisotopic (exact) mass is 286 g/mol. The average molecular weight is 286 g/mol. The molecule has 1 aliphatic heterocycles. The summed E-state index contributed by atoms with van der Waals surface area (Å²) in [4.78, 5) is 2.44. The number of benzene rings is 1. The molecule has 0 spiro atoms. The van der Waals surface area contributed by atoms with Crippen LogP contribution in [0, 0.1) is 0 Å². The standard InChI is InChI=1S/C16H22N4O/c1-19-16(17)14(11-18-19)13-10-12(21-2)6-7-15(13)20-8-4-3-5-9-20/h6-7,10-11H,3-5,8-9,17H2,1-2H3. The summed E-state index contributed by atoms with van der Waals surface area (Å²) in [7, 11) is 3.55. The van der Waals surface area contributed by atoms with E-state index in [1.165, 1.54) is 24.9 Å². The first kappa shape index (κ1) is 13.8. The molecule has 1 saturated heterocycles. The van der Waals surface area contributed by atoms with E-state index in [2.05, 4.69) is 22.1 Å². The lowest BCUT2D eigenvalue weighted by atomic mass is 10.0. The van der Waals surface area contributed by atoms with Crippen molar-refractivity contribution in [3.63, 3.8) is 0 Å². The van der Waals surface area contributed by atoms with E-state index in [1.54, 1.807) is 11.8 Å². The predicted molar refractivity (Wildman–Crippen MR) is 85.7 cm³/mol. The molecule has 2 heterocycles. The summed E-state index contributed by atoms with van der Waals surface area (Å²) in [5, 5.41) is 4.27. The van der Waals surface area contributed by atoms with Crippen LogP contribution >= 0.6 is 0 Å². The van der Waals surface area contributed by atoms with Crippen LogP contribution in [-0.4, -0.2) is 30.0 Å². The van der Waals surface area contributed by atoms with Gasteiger partial charge in [-0.2, -0.15) is 5.10 Å². The van der Waals surface area contributed by atoms with E-state index < -0.39 is 0 Å². The Morgan fingerprint density at radius 3 is 2.52 bits per heavy atom. The molecule has 1 fully saturated rings. The molecule has 5 heteroatoms. The third-order valence-electron chi connectivity index (χ3n) is 4.18. The van der Waals surface area contributed by atoms with Crippen molar-refractivity contribution in [2.45, 2.75) is 19.3 Å². The Morgan fingerprint density at radius 2 is 1.90 bits per heavy atom. The fraction of sp³-hybridized carbons (Fsp3) is 0.438. The maximum absolute atomic E-state index is 6.17. The number of rotatable bonds is 3. The number of hydrogen-bond acceptors (Lipinski definition) is 4. The topological polar surface area (TPSA) is 56.3 Å². The Bertz CT molecular complexity index is 629. The molecule has 0 atom stereocenters. The van der Waals surface area contributed by atoms with Crippen molar-refractivity contribution in [1.82, 2.24) is 9.78 Å². The Morgan fingerprint density at radius 1 is 1.14 bits per heavy atom. The minimum absolute atomic E-state index is 0.682. The second-order valence-electron chi connectivity index (χ2n) is 5.50. The molecule has 2 aromatic rings. The highest BCUT2D eigenvalue weighted by Gasteiger charge is 2.19. The highest BCUT2D eigenvalue weighted by atomic mass is 16.5. The van der Waals surface area contributed by atoms with Crippen molar-refractivity contribution < 1.29 is 4.74 Å². The van der Waals surface area contributed by atoms with E-state index in [-0.39, 0.29) is 0 Å². The third kappa shape index (κ3) is 2.55. The van der Waals surface area contributed by atoms with Gasteiger partial charge < -0.3 is 15.4 Å². The van der Waals surface area contributed by atoms with Crippen molar-refractivity contribution in [2.24, 2.45) is 7.05 Å². The summed E-state index contributed by atoms with van der Waals surface area (Å²) in [5.41, 5.74) is 9.45. The van der Waals surface area contributed by atoms with Gasteiger partial charge in [0.2, 0.25) is 0 Å². The van der Waals surface area contributed by atoms with Gasteiger partial charge in [-0.3, -0.25) is 4.68 Å². The number of nitrogens with two attached hydrogens (primary N) is 1. The number of nitrogen functional groups attached to an aromatic ring is 1. The Labute approximate surface area is 125 Å². The van der Waals surface area contributed by atoms with Gasteiger partial charge in [-0.25, -0.2) is 0 Å². The van der Waals surface area contributed by atoms with Gasteiger partial charge in [0.25, 0.3) is 0 Å². The number of anilines is 2. The number of ether oxygens (including phenoxy) is 1. The van der Waals surface area contributed by atoms with Crippen molar-refractivity contribution in [1.29, 1.82) is 0 Å². The molecular weight excluding hydrogens is 264 g/mol. The number of hydrogen-bond donors (Lipinski definition) is 1. The molecule has 0 amide bonds. The van der Waals surface area contributed by atoms with Crippen molar-refractivity contribution in [2.75, 3.05) is 30.8 Å². The molecule has 0 aliphatic carbocycles. The van der Waals surface area contributed by atoms with Crippen LogP contribution in [0.1, 0.15) is 19.3 Å². The maximum Gasteiger partial charge on any atom is 0.129 e. The van der Waals surface area contributed by atoms with Crippen LogP contribution in [-0.2, 0) is 7.05 Å². The molecule has 1 aromatic heterocycles. The molecule has 2 N–H and O–H groups in total. The van der Waals surface area contributed by atoms with Crippen molar-refractivity contribution in [3.05, 3.63) is 24.4 Å². The molecule has 0 saturated carbocycles. The molecule has 1 aliphatic rings. The lowest BCUT2D eigenvalue weighted by Crippen LogP contribution is -2.29. The number of aryl methyl sites for hydroxylation is 1. The largest absolute Gasteiger partial charge is 0.497 e. The zero-order valence-corrected chi connectivity index (χ0v) is 12.7. The summed E-state index contributed by atoms with van der Waals surface area (Å²) < 4.78 is 7.08. The highest BCUT2D eigenvalue weighted by molar-refractivity contribution is 5.85. The number of piperidine rings is 1. The zero-order valence-electron chi connectivity index (χ0n) is 12.7. The Hall–Kier alpha value is -2.17. The first-order valence-corrected chi connectivity index (χ1v) is 7.41. The number of nitrogens with zero attached hydrogens (tertiary/aromatic N) is 3. The first-order valence-electron chi connectivity index (χ1n) is 7.41. The van der Waals surface area contributed by atoms with Crippen LogP contribution in [0.4, 0.5) is 11.5 Å². The van der Waals surface area contributed by atoms with E-state index >= 15 is 0 Å². The Balaban J connectivity index is 2.09. The molecule has 112 valence electrons. The van der Waals surface area contributed by atoms with Crippen LogP contribution in [0.25, 0.3) is 11.1 Å². The summed E-state index contributed by atoms with van der Waals surface area (Å²) >= 11 is 0. The third-order valence-corrected chi connectivity index (χ3v) is 4.18. The van der Waals surface area contributed by atoms with Gasteiger partial charge >= 0.3 is 0 Å². The quantitative estimate of drug-likeness (QED) is 0.942. The highest BCUT2D eigenvalue weighted by Crippen LogP contribution is 2.37. The van der Waals surface area contributed by atoms with Crippen molar-refractivity contribution in [3.8, 4) is 16.9 Å². The van der Waals surface area contributed by atoms with Crippen LogP contribution < -0.4 is 15.4 Å². The van der Waals surface area contributed by atoms with E-state index in [1.807, 2.05) is 19.3 Å². The predicted octanol–water partition coefficient (Wildman–Crippen LogP) is 2.67. The molecule has 21 heavy (non-hydrogen) atoms. The van der Waals surface area contributed by atoms with Gasteiger partial charge in [-0.15, -0.1) is 0 Å². The smallest absolute Gasteiger partial charge is 0.129 e. The van der Waals surface area contributed by atoms with Crippen molar-refractivity contribution >= 4 is 11.5 Å². The lowest BCUT2D eigenvalue weighted by Gasteiger charge is -2.30. The number of methoxy groups -OCH3 is 1. The molecule has 3 rings (SSSR count). The SMILES string of the molecule is COc1ccc(N2CCCCC2)c(-c2cnn(C)c2N)c1. The van der Waals surface area contributed by atoms with Crippen LogP contribution in [0.3, 0.4) is 0 Å². The van der Waals surface area contributed by atoms with E-state index in [9.17, 15) is 0 Å². The van der Waals surface area contributed by atoms with E-state index in [0.717, 1.165) is 30.0 Å². The zero-order chi connectivity index (χ0) is 14.8. The molecular formula is C16H22N4O. The summed E-state index contributed by atoms with van der Waals surface area (Å²) in [6.45, 7) is 2.19. The van der Waals surface area contributed by atoms with Gasteiger partial charge in [-0.05, 0) is 37.5 Å². The molecule has 0 bridgehead atoms. The van der Waals surface area contributed by atoms with Gasteiger partial charge in [-0.1, -0.05) is 0 Å². The second kappa shape index (κ2) is 5.68.